The van der Waals surface area contributed by atoms with Crippen LogP contribution >= 0.6 is 0 Å². The molecule has 0 saturated carbocycles. The van der Waals surface area contributed by atoms with Crippen molar-refractivity contribution in [3.05, 3.63) is 30.3 Å². The van der Waals surface area contributed by atoms with E-state index < -0.39 is 12.0 Å². The zero-order valence-electron chi connectivity index (χ0n) is 15.4. The number of benzene rings is 1. The smallest absolute Gasteiger partial charge is 0.326 e. The van der Waals surface area contributed by atoms with E-state index in [-0.39, 0.29) is 24.3 Å². The van der Waals surface area contributed by atoms with Crippen molar-refractivity contribution in [3.63, 3.8) is 0 Å². The van der Waals surface area contributed by atoms with Crippen LogP contribution in [-0.4, -0.2) is 65.0 Å². The average molecular weight is 374 g/mol. The van der Waals surface area contributed by atoms with Gasteiger partial charge in [-0.15, -0.1) is 0 Å². The molecule has 2 saturated heterocycles. The molecule has 146 valence electrons. The summed E-state index contributed by atoms with van der Waals surface area (Å²) in [6.07, 6.45) is 3.58. The number of piperidine rings is 2. The van der Waals surface area contributed by atoms with E-state index in [9.17, 15) is 19.5 Å². The molecule has 7 heteroatoms. The van der Waals surface area contributed by atoms with Crippen LogP contribution in [0.1, 0.15) is 32.1 Å². The van der Waals surface area contributed by atoms with Crippen molar-refractivity contribution in [2.24, 2.45) is 5.92 Å². The number of carbonyl (C=O) groups is 3. The van der Waals surface area contributed by atoms with Crippen LogP contribution in [0.3, 0.4) is 0 Å². The summed E-state index contributed by atoms with van der Waals surface area (Å²) in [6, 6.07) is 8.40. The molecule has 2 amide bonds. The van der Waals surface area contributed by atoms with Crippen LogP contribution in [-0.2, 0) is 14.4 Å². The van der Waals surface area contributed by atoms with Crippen molar-refractivity contribution >= 4 is 17.8 Å². The van der Waals surface area contributed by atoms with Crippen LogP contribution in [0.25, 0.3) is 0 Å². The Hall–Kier alpha value is -2.57. The van der Waals surface area contributed by atoms with Gasteiger partial charge in [0.2, 0.25) is 5.91 Å². The number of likely N-dealkylation sites (tertiary alicyclic amines) is 2. The topological polar surface area (TPSA) is 87.2 Å². The van der Waals surface area contributed by atoms with Crippen molar-refractivity contribution in [1.82, 2.24) is 9.80 Å². The maximum Gasteiger partial charge on any atom is 0.326 e. The molecule has 2 aliphatic heterocycles. The monoisotopic (exact) mass is 374 g/mol. The SMILES string of the molecule is O=C(O)[C@H]1CCCCN1C(=O)C1CCCN(C(=O)COc2ccccc2)C1. The van der Waals surface area contributed by atoms with E-state index in [0.29, 0.717) is 38.2 Å². The first kappa shape index (κ1) is 19.2. The maximum absolute atomic E-state index is 12.9. The van der Waals surface area contributed by atoms with E-state index in [1.165, 1.54) is 4.90 Å². The minimum absolute atomic E-state index is 0.0631. The molecule has 0 aromatic heterocycles. The third-order valence-electron chi connectivity index (χ3n) is 5.30. The van der Waals surface area contributed by atoms with E-state index >= 15 is 0 Å². The van der Waals surface area contributed by atoms with Gasteiger partial charge in [0.1, 0.15) is 11.8 Å². The summed E-state index contributed by atoms with van der Waals surface area (Å²) < 4.78 is 5.52. The highest BCUT2D eigenvalue weighted by atomic mass is 16.5. The Bertz CT molecular complexity index is 678. The van der Waals surface area contributed by atoms with Gasteiger partial charge >= 0.3 is 5.97 Å². The second-order valence-corrected chi connectivity index (χ2v) is 7.16. The van der Waals surface area contributed by atoms with Gasteiger partial charge in [-0.25, -0.2) is 4.79 Å². The molecule has 0 aliphatic carbocycles. The van der Waals surface area contributed by atoms with Crippen LogP contribution in [0, 0.1) is 5.92 Å². The van der Waals surface area contributed by atoms with Gasteiger partial charge in [-0.1, -0.05) is 18.2 Å². The number of carbonyl (C=O) groups excluding carboxylic acids is 2. The van der Waals surface area contributed by atoms with Crippen molar-refractivity contribution in [2.45, 2.75) is 38.1 Å². The Labute approximate surface area is 158 Å². The molecule has 7 nitrogen and oxygen atoms in total. The number of nitrogens with zero attached hydrogens (tertiary/aromatic N) is 2. The fraction of sp³-hybridized carbons (Fsp3) is 0.550. The van der Waals surface area contributed by atoms with Crippen molar-refractivity contribution in [1.29, 1.82) is 0 Å². The number of carboxylic acids is 1. The Morgan fingerprint density at radius 2 is 1.81 bits per heavy atom. The predicted octanol–water partition coefficient (Wildman–Crippen LogP) is 1.77. The van der Waals surface area contributed by atoms with Crippen LogP contribution in [0.2, 0.25) is 0 Å². The minimum atomic E-state index is -0.942. The molecule has 2 aliphatic rings. The summed E-state index contributed by atoms with van der Waals surface area (Å²) in [5.74, 6) is -0.927. The van der Waals surface area contributed by atoms with Crippen LogP contribution in [0.15, 0.2) is 30.3 Å². The Balaban J connectivity index is 1.57. The number of hydrogen-bond acceptors (Lipinski definition) is 4. The lowest BCUT2D eigenvalue weighted by Gasteiger charge is -2.38. The second kappa shape index (κ2) is 8.88. The van der Waals surface area contributed by atoms with Crippen LogP contribution < -0.4 is 4.74 Å². The first-order chi connectivity index (χ1) is 13.1. The lowest BCUT2D eigenvalue weighted by atomic mass is 9.93. The van der Waals surface area contributed by atoms with Gasteiger partial charge in [-0.05, 0) is 44.2 Å². The molecular weight excluding hydrogens is 348 g/mol. The van der Waals surface area contributed by atoms with E-state index in [1.807, 2.05) is 18.2 Å². The van der Waals surface area contributed by atoms with Gasteiger partial charge in [0.05, 0.1) is 5.92 Å². The number of rotatable bonds is 5. The van der Waals surface area contributed by atoms with E-state index in [0.717, 1.165) is 19.3 Å². The highest BCUT2D eigenvalue weighted by molar-refractivity contribution is 5.86. The number of ether oxygens (including phenoxy) is 1. The summed E-state index contributed by atoms with van der Waals surface area (Å²) in [7, 11) is 0. The molecule has 0 radical (unpaired) electrons. The molecule has 1 unspecified atom stereocenters. The molecule has 0 bridgehead atoms. The number of aliphatic carboxylic acids is 1. The lowest BCUT2D eigenvalue weighted by Crippen LogP contribution is -2.53. The third-order valence-corrected chi connectivity index (χ3v) is 5.30. The lowest BCUT2D eigenvalue weighted by molar-refractivity contribution is -0.155. The summed E-state index contributed by atoms with van der Waals surface area (Å²) in [4.78, 5) is 40.0. The fourth-order valence-electron chi connectivity index (χ4n) is 3.84. The van der Waals surface area contributed by atoms with Gasteiger partial charge in [0.15, 0.2) is 6.61 Å². The van der Waals surface area contributed by atoms with Gasteiger partial charge in [-0.3, -0.25) is 9.59 Å². The van der Waals surface area contributed by atoms with Crippen molar-refractivity contribution in [2.75, 3.05) is 26.2 Å². The first-order valence-corrected chi connectivity index (χ1v) is 9.55. The minimum Gasteiger partial charge on any atom is -0.484 e. The molecule has 2 heterocycles. The maximum atomic E-state index is 12.9. The molecule has 0 spiro atoms. The Morgan fingerprint density at radius 3 is 2.56 bits per heavy atom. The largest absolute Gasteiger partial charge is 0.484 e. The Kier molecular flexibility index (Phi) is 6.32. The van der Waals surface area contributed by atoms with Crippen molar-refractivity contribution in [3.8, 4) is 5.75 Å². The molecule has 2 atom stereocenters. The fourth-order valence-corrected chi connectivity index (χ4v) is 3.84. The van der Waals surface area contributed by atoms with E-state index in [1.54, 1.807) is 17.0 Å². The highest BCUT2D eigenvalue weighted by Crippen LogP contribution is 2.24. The molecule has 1 N–H and O–H groups in total. The summed E-state index contributed by atoms with van der Waals surface area (Å²) in [6.45, 7) is 1.35. The summed E-state index contributed by atoms with van der Waals surface area (Å²) in [5.41, 5.74) is 0. The predicted molar refractivity (Wildman–Crippen MR) is 98.2 cm³/mol. The number of carboxylic acid groups (broad SMARTS) is 1. The standard InChI is InChI=1S/C20H26N2O5/c23-18(14-27-16-8-2-1-3-9-16)21-11-6-7-15(13-21)19(24)22-12-5-4-10-17(22)20(25)26/h1-3,8-9,15,17H,4-7,10-14H2,(H,25,26)/t15?,17-/m1/s1. The van der Waals surface area contributed by atoms with Gasteiger partial charge < -0.3 is 19.6 Å². The number of para-hydroxylation sites is 1. The molecular formula is C20H26N2O5. The molecule has 1 aromatic rings. The normalized spacial score (nSPS) is 23.0. The van der Waals surface area contributed by atoms with E-state index in [4.69, 9.17) is 4.74 Å². The summed E-state index contributed by atoms with van der Waals surface area (Å²) >= 11 is 0. The summed E-state index contributed by atoms with van der Waals surface area (Å²) in [5, 5.41) is 9.40. The zero-order chi connectivity index (χ0) is 19.2. The zero-order valence-corrected chi connectivity index (χ0v) is 15.4. The quantitative estimate of drug-likeness (QED) is 0.849. The first-order valence-electron chi connectivity index (χ1n) is 9.55. The number of hydrogen-bond donors (Lipinski definition) is 1. The molecule has 2 fully saturated rings. The molecule has 1 aromatic carbocycles. The highest BCUT2D eigenvalue weighted by Gasteiger charge is 2.37. The van der Waals surface area contributed by atoms with Gasteiger partial charge in [0.25, 0.3) is 5.91 Å². The second-order valence-electron chi connectivity index (χ2n) is 7.16. The van der Waals surface area contributed by atoms with Crippen molar-refractivity contribution < 1.29 is 24.2 Å². The molecule has 27 heavy (non-hydrogen) atoms. The van der Waals surface area contributed by atoms with E-state index in [2.05, 4.69) is 0 Å². The third kappa shape index (κ3) is 4.78. The van der Waals surface area contributed by atoms with Gasteiger partial charge in [-0.2, -0.15) is 0 Å². The van der Waals surface area contributed by atoms with Crippen LogP contribution in [0.4, 0.5) is 0 Å². The van der Waals surface area contributed by atoms with Crippen LogP contribution in [0.5, 0.6) is 5.75 Å². The Morgan fingerprint density at radius 1 is 1.04 bits per heavy atom. The van der Waals surface area contributed by atoms with Gasteiger partial charge in [0, 0.05) is 19.6 Å². The molecule has 3 rings (SSSR count). The number of amides is 2. The average Bonchev–Trinajstić information content (AvgIpc) is 2.72.